The van der Waals surface area contributed by atoms with Gasteiger partial charge in [-0.25, -0.2) is 17.2 Å². The highest BCUT2D eigenvalue weighted by Gasteiger charge is 2.26. The summed E-state index contributed by atoms with van der Waals surface area (Å²) in [5.41, 5.74) is 0.498. The van der Waals surface area contributed by atoms with Gasteiger partial charge in [0.1, 0.15) is 16.5 Å². The first-order valence-electron chi connectivity index (χ1n) is 5.88. The van der Waals surface area contributed by atoms with Crippen LogP contribution in [0.3, 0.4) is 0 Å². The third-order valence-corrected chi connectivity index (χ3v) is 5.91. The van der Waals surface area contributed by atoms with Gasteiger partial charge >= 0.3 is 0 Å². The fraction of sp³-hybridized carbons (Fsp3) is 0.154. The average Bonchev–Trinajstić information content (AvgIpc) is 2.41. The number of aromatic nitrogens is 1. The van der Waals surface area contributed by atoms with Crippen molar-refractivity contribution in [2.24, 2.45) is 0 Å². The lowest BCUT2D eigenvalue weighted by molar-refractivity contribution is -0.604. The fourth-order valence-electron chi connectivity index (χ4n) is 1.85. The molecule has 0 aliphatic heterocycles. The number of sulfone groups is 1. The average molecular weight is 413 g/mol. The van der Waals surface area contributed by atoms with Gasteiger partial charge in [0.2, 0.25) is 0 Å². The van der Waals surface area contributed by atoms with Gasteiger partial charge in [-0.3, -0.25) is 0 Å². The molecule has 9 heteroatoms. The van der Waals surface area contributed by atoms with Crippen molar-refractivity contribution in [1.82, 2.24) is 0 Å². The second kappa shape index (κ2) is 6.10. The van der Waals surface area contributed by atoms with E-state index in [0.29, 0.717) is 20.8 Å². The van der Waals surface area contributed by atoms with Crippen molar-refractivity contribution in [3.05, 3.63) is 62.0 Å². The van der Waals surface area contributed by atoms with Crippen LogP contribution in [0.1, 0.15) is 11.1 Å². The summed E-state index contributed by atoms with van der Waals surface area (Å²) in [4.78, 5) is -0.651. The molecule has 1 heterocycles. The molecule has 0 radical (unpaired) electrons. The van der Waals surface area contributed by atoms with Gasteiger partial charge in [-0.2, -0.15) is 4.73 Å². The van der Waals surface area contributed by atoms with Crippen molar-refractivity contribution in [3.63, 3.8) is 0 Å². The maximum Gasteiger partial charge on any atom is 0.290 e. The maximum atomic E-state index is 13.7. The molecule has 0 bridgehead atoms. The minimum Gasteiger partial charge on any atom is -0.618 e. The van der Waals surface area contributed by atoms with Crippen LogP contribution in [0, 0.1) is 23.8 Å². The Kier molecular flexibility index (Phi) is 4.74. The molecule has 22 heavy (non-hydrogen) atoms. The zero-order valence-electron chi connectivity index (χ0n) is 11.1. The quantitative estimate of drug-likeness (QED) is 0.336. The molecule has 0 aliphatic rings. The Bertz CT molecular complexity index is 833. The zero-order valence-corrected chi connectivity index (χ0v) is 14.3. The summed E-state index contributed by atoms with van der Waals surface area (Å²) in [6, 6.07) is 2.17. The molecule has 0 saturated heterocycles. The van der Waals surface area contributed by atoms with Crippen LogP contribution in [0.25, 0.3) is 0 Å². The first-order valence-corrected chi connectivity index (χ1v) is 8.70. The Morgan fingerprint density at radius 1 is 1.36 bits per heavy atom. The molecule has 0 aliphatic carbocycles. The lowest BCUT2D eigenvalue weighted by Crippen LogP contribution is -2.29. The van der Waals surface area contributed by atoms with E-state index in [4.69, 9.17) is 11.6 Å². The van der Waals surface area contributed by atoms with Gasteiger partial charge < -0.3 is 5.21 Å². The second-order valence-corrected chi connectivity index (χ2v) is 7.70. The van der Waals surface area contributed by atoms with Crippen molar-refractivity contribution in [2.45, 2.75) is 17.6 Å². The summed E-state index contributed by atoms with van der Waals surface area (Å²) < 4.78 is 51.9. The number of halogens is 4. The van der Waals surface area contributed by atoms with Gasteiger partial charge in [0.25, 0.3) is 5.15 Å². The fourth-order valence-corrected chi connectivity index (χ4v) is 4.13. The van der Waals surface area contributed by atoms with E-state index in [2.05, 4.69) is 15.9 Å². The summed E-state index contributed by atoms with van der Waals surface area (Å²) in [5.74, 6) is -2.76. The van der Waals surface area contributed by atoms with Gasteiger partial charge in [0.15, 0.2) is 16.0 Å². The standard InChI is InChI=1S/C13H9BrClF2NO3S/c1-7-9(13(15)18(19)5-10(7)14)6-22(20,21)12-3-2-8(16)4-11(12)17/h2-5H,6H2,1H3. The molecule has 4 nitrogen and oxygen atoms in total. The van der Waals surface area contributed by atoms with Crippen LogP contribution in [-0.2, 0) is 15.6 Å². The highest BCUT2D eigenvalue weighted by molar-refractivity contribution is 9.10. The Morgan fingerprint density at radius 2 is 2.00 bits per heavy atom. The Morgan fingerprint density at radius 3 is 2.59 bits per heavy atom. The monoisotopic (exact) mass is 411 g/mol. The van der Waals surface area contributed by atoms with Crippen LogP contribution >= 0.6 is 27.5 Å². The second-order valence-electron chi connectivity index (χ2n) is 4.53. The van der Waals surface area contributed by atoms with E-state index < -0.39 is 32.1 Å². The van der Waals surface area contributed by atoms with E-state index in [1.807, 2.05) is 0 Å². The topological polar surface area (TPSA) is 61.1 Å². The third-order valence-electron chi connectivity index (χ3n) is 3.05. The molecule has 0 atom stereocenters. The highest BCUT2D eigenvalue weighted by Crippen LogP contribution is 2.28. The van der Waals surface area contributed by atoms with Gasteiger partial charge in [-0.15, -0.1) is 0 Å². The van der Waals surface area contributed by atoms with E-state index in [9.17, 15) is 22.4 Å². The number of rotatable bonds is 3. The molecule has 0 fully saturated rings. The third kappa shape index (κ3) is 3.23. The molecule has 118 valence electrons. The Balaban J connectivity index is 2.55. The predicted octanol–water partition coefficient (Wildman–Crippen LogP) is 3.30. The SMILES string of the molecule is Cc1c(Br)c[n+]([O-])c(Cl)c1CS(=O)(=O)c1ccc(F)cc1F. The summed E-state index contributed by atoms with van der Waals surface area (Å²) in [7, 11) is -4.14. The molecule has 0 amide bonds. The van der Waals surface area contributed by atoms with Gasteiger partial charge in [0, 0.05) is 6.07 Å². The summed E-state index contributed by atoms with van der Waals surface area (Å²) in [6.45, 7) is 1.57. The van der Waals surface area contributed by atoms with E-state index in [1.165, 1.54) is 0 Å². The summed E-state index contributed by atoms with van der Waals surface area (Å²) in [6.07, 6.45) is 1.15. The van der Waals surface area contributed by atoms with Crippen LogP contribution < -0.4 is 4.73 Å². The van der Waals surface area contributed by atoms with Gasteiger partial charge in [-0.05, 0) is 52.2 Å². The molecule has 0 spiro atoms. The van der Waals surface area contributed by atoms with Crippen LogP contribution in [0.15, 0.2) is 33.8 Å². The first-order chi connectivity index (χ1) is 10.1. The first kappa shape index (κ1) is 17.1. The zero-order chi connectivity index (χ0) is 16.7. The van der Waals surface area contributed by atoms with Crippen molar-refractivity contribution in [1.29, 1.82) is 0 Å². The van der Waals surface area contributed by atoms with Crippen LogP contribution in [0.4, 0.5) is 8.78 Å². The number of benzene rings is 1. The molecule has 2 rings (SSSR count). The molecular formula is C13H9BrClF2NO3S. The molecule has 0 saturated carbocycles. The maximum absolute atomic E-state index is 13.7. The van der Waals surface area contributed by atoms with Crippen molar-refractivity contribution in [3.8, 4) is 0 Å². The van der Waals surface area contributed by atoms with E-state index >= 15 is 0 Å². The van der Waals surface area contributed by atoms with Crippen LogP contribution in [-0.4, -0.2) is 8.42 Å². The predicted molar refractivity (Wildman–Crippen MR) is 80.1 cm³/mol. The van der Waals surface area contributed by atoms with Crippen LogP contribution in [0.2, 0.25) is 5.15 Å². The van der Waals surface area contributed by atoms with Gasteiger partial charge in [0.05, 0.1) is 15.8 Å². The largest absolute Gasteiger partial charge is 0.618 e. The van der Waals surface area contributed by atoms with Crippen LogP contribution in [0.5, 0.6) is 0 Å². The molecule has 1 aromatic carbocycles. The number of hydrogen-bond acceptors (Lipinski definition) is 3. The normalized spacial score (nSPS) is 11.7. The molecular weight excluding hydrogens is 404 g/mol. The molecule has 0 unspecified atom stereocenters. The summed E-state index contributed by atoms with van der Waals surface area (Å²) >= 11 is 8.96. The minimum atomic E-state index is -4.14. The molecule has 2 aromatic rings. The van der Waals surface area contributed by atoms with E-state index in [-0.39, 0.29) is 10.7 Å². The highest BCUT2D eigenvalue weighted by atomic mass is 79.9. The molecule has 0 N–H and O–H groups in total. The van der Waals surface area contributed by atoms with Crippen molar-refractivity contribution < 1.29 is 21.9 Å². The summed E-state index contributed by atoms with van der Waals surface area (Å²) in [5, 5.41) is 11.3. The van der Waals surface area contributed by atoms with E-state index in [0.717, 1.165) is 18.3 Å². The Hall–Kier alpha value is -1.25. The smallest absolute Gasteiger partial charge is 0.290 e. The minimum absolute atomic E-state index is 0.0507. The number of pyridine rings is 1. The lowest BCUT2D eigenvalue weighted by Gasteiger charge is -2.11. The van der Waals surface area contributed by atoms with Crippen molar-refractivity contribution >= 4 is 37.4 Å². The Labute approximate surface area is 139 Å². The van der Waals surface area contributed by atoms with E-state index in [1.54, 1.807) is 6.92 Å². The lowest BCUT2D eigenvalue weighted by atomic mass is 10.2. The number of nitrogens with zero attached hydrogens (tertiary/aromatic N) is 1. The molecule has 1 aromatic heterocycles. The number of hydrogen-bond donors (Lipinski definition) is 0. The van der Waals surface area contributed by atoms with Crippen molar-refractivity contribution in [2.75, 3.05) is 0 Å². The van der Waals surface area contributed by atoms with Gasteiger partial charge in [-0.1, -0.05) is 0 Å².